The summed E-state index contributed by atoms with van der Waals surface area (Å²) in [6, 6.07) is 8.13. The van der Waals surface area contributed by atoms with E-state index in [0.717, 1.165) is 18.7 Å². The highest BCUT2D eigenvalue weighted by Gasteiger charge is 2.26. The molecule has 0 unspecified atom stereocenters. The van der Waals surface area contributed by atoms with Gasteiger partial charge >= 0.3 is 5.97 Å². The number of anilines is 1. The van der Waals surface area contributed by atoms with Gasteiger partial charge in [0.05, 0.1) is 0 Å². The van der Waals surface area contributed by atoms with Gasteiger partial charge in [-0.15, -0.1) is 0 Å². The molecule has 2 aliphatic rings. The number of primary amides is 1. The fourth-order valence-corrected chi connectivity index (χ4v) is 3.98. The van der Waals surface area contributed by atoms with Crippen molar-refractivity contribution in [2.75, 3.05) is 37.7 Å². The summed E-state index contributed by atoms with van der Waals surface area (Å²) in [6.45, 7) is 2.82. The Morgan fingerprint density at radius 1 is 0.967 bits per heavy atom. The second-order valence-electron chi connectivity index (χ2n) is 7.99. The molecule has 0 radical (unpaired) electrons. The van der Waals surface area contributed by atoms with Crippen LogP contribution in [-0.2, 0) is 19.1 Å². The minimum atomic E-state index is -0.549. The molecular weight excluding hydrogens is 382 g/mol. The van der Waals surface area contributed by atoms with Crippen molar-refractivity contribution in [1.82, 2.24) is 4.90 Å². The number of amides is 2. The summed E-state index contributed by atoms with van der Waals surface area (Å²) >= 11 is 0. The van der Waals surface area contributed by atoms with E-state index in [9.17, 15) is 14.4 Å². The van der Waals surface area contributed by atoms with Crippen molar-refractivity contribution < 1.29 is 19.1 Å². The van der Waals surface area contributed by atoms with Crippen LogP contribution in [0.5, 0.6) is 0 Å². The Hall–Kier alpha value is -2.83. The van der Waals surface area contributed by atoms with E-state index in [1.807, 2.05) is 12.1 Å². The van der Waals surface area contributed by atoms with Gasteiger partial charge < -0.3 is 20.3 Å². The van der Waals surface area contributed by atoms with E-state index in [-0.39, 0.29) is 24.3 Å². The Kier molecular flexibility index (Phi) is 7.88. The van der Waals surface area contributed by atoms with Crippen molar-refractivity contribution in [3.05, 3.63) is 35.9 Å². The smallest absolute Gasteiger partial charge is 0.331 e. The van der Waals surface area contributed by atoms with Crippen LogP contribution in [0.4, 0.5) is 5.69 Å². The Morgan fingerprint density at radius 3 is 2.20 bits per heavy atom. The largest absolute Gasteiger partial charge is 0.452 e. The van der Waals surface area contributed by atoms with Crippen LogP contribution in [0.25, 0.3) is 6.08 Å². The van der Waals surface area contributed by atoms with Crippen molar-refractivity contribution in [2.45, 2.75) is 38.5 Å². The molecule has 1 aromatic carbocycles. The zero-order valence-corrected chi connectivity index (χ0v) is 17.4. The molecule has 1 aromatic rings. The van der Waals surface area contributed by atoms with Gasteiger partial charge in [0.1, 0.15) is 0 Å². The van der Waals surface area contributed by atoms with Crippen LogP contribution in [0, 0.1) is 5.92 Å². The van der Waals surface area contributed by atoms with Gasteiger partial charge in [-0.2, -0.15) is 0 Å². The van der Waals surface area contributed by atoms with E-state index in [2.05, 4.69) is 17.0 Å². The van der Waals surface area contributed by atoms with Crippen molar-refractivity contribution in [2.24, 2.45) is 11.7 Å². The predicted molar refractivity (Wildman–Crippen MR) is 116 cm³/mol. The average Bonchev–Trinajstić information content (AvgIpc) is 3.06. The molecule has 0 aromatic heterocycles. The lowest BCUT2D eigenvalue weighted by atomic mass is 9.96. The molecule has 162 valence electrons. The number of ether oxygens (including phenoxy) is 1. The Bertz CT molecular complexity index is 759. The lowest BCUT2D eigenvalue weighted by Crippen LogP contribution is -2.43. The minimum Gasteiger partial charge on any atom is -0.452 e. The molecule has 2 heterocycles. The lowest BCUT2D eigenvalue weighted by molar-refractivity contribution is -0.149. The van der Waals surface area contributed by atoms with Gasteiger partial charge in [-0.3, -0.25) is 9.59 Å². The van der Waals surface area contributed by atoms with Gasteiger partial charge in [-0.05, 0) is 49.5 Å². The molecule has 2 saturated heterocycles. The highest BCUT2D eigenvalue weighted by atomic mass is 16.5. The quantitative estimate of drug-likeness (QED) is 0.571. The van der Waals surface area contributed by atoms with Gasteiger partial charge in [0, 0.05) is 43.9 Å². The van der Waals surface area contributed by atoms with Crippen LogP contribution < -0.4 is 10.6 Å². The van der Waals surface area contributed by atoms with Crippen molar-refractivity contribution in [3.8, 4) is 0 Å². The first kappa shape index (κ1) is 21.9. The van der Waals surface area contributed by atoms with Crippen molar-refractivity contribution in [3.63, 3.8) is 0 Å². The predicted octanol–water partition coefficient (Wildman–Crippen LogP) is 2.35. The van der Waals surface area contributed by atoms with Gasteiger partial charge in [0.2, 0.25) is 5.91 Å². The van der Waals surface area contributed by atoms with E-state index in [4.69, 9.17) is 10.5 Å². The van der Waals surface area contributed by atoms with E-state index in [0.29, 0.717) is 25.9 Å². The van der Waals surface area contributed by atoms with Crippen molar-refractivity contribution in [1.29, 1.82) is 0 Å². The average molecular weight is 414 g/mol. The monoisotopic (exact) mass is 413 g/mol. The molecule has 2 N–H and O–H groups in total. The third-order valence-electron chi connectivity index (χ3n) is 5.86. The fraction of sp³-hybridized carbons (Fsp3) is 0.522. The number of hydrogen-bond donors (Lipinski definition) is 1. The zero-order chi connectivity index (χ0) is 21.3. The van der Waals surface area contributed by atoms with Gasteiger partial charge in [0.25, 0.3) is 5.91 Å². The van der Waals surface area contributed by atoms with Crippen LogP contribution >= 0.6 is 0 Å². The number of nitrogens with two attached hydrogens (primary N) is 1. The van der Waals surface area contributed by atoms with Gasteiger partial charge in [-0.25, -0.2) is 4.79 Å². The number of piperidine rings is 1. The summed E-state index contributed by atoms with van der Waals surface area (Å²) in [5.74, 6) is -1.29. The number of esters is 1. The molecule has 7 heteroatoms. The molecule has 0 bridgehead atoms. The molecule has 2 aliphatic heterocycles. The second kappa shape index (κ2) is 10.8. The second-order valence-corrected chi connectivity index (χ2v) is 7.99. The first-order chi connectivity index (χ1) is 14.5. The number of hydrogen-bond acceptors (Lipinski definition) is 5. The number of rotatable bonds is 6. The molecule has 2 fully saturated rings. The number of nitrogens with zero attached hydrogens (tertiary/aromatic N) is 2. The highest BCUT2D eigenvalue weighted by Crippen LogP contribution is 2.20. The minimum absolute atomic E-state index is 0.176. The van der Waals surface area contributed by atoms with Gasteiger partial charge in [0.15, 0.2) is 6.61 Å². The van der Waals surface area contributed by atoms with Crippen LogP contribution in [-0.4, -0.2) is 55.5 Å². The number of likely N-dealkylation sites (tertiary alicyclic amines) is 1. The van der Waals surface area contributed by atoms with Gasteiger partial charge in [-0.1, -0.05) is 25.0 Å². The van der Waals surface area contributed by atoms with Crippen LogP contribution in [0.2, 0.25) is 0 Å². The summed E-state index contributed by atoms with van der Waals surface area (Å²) < 4.78 is 5.07. The van der Waals surface area contributed by atoms with Crippen LogP contribution in [0.1, 0.15) is 44.1 Å². The molecular formula is C23H31N3O4. The SMILES string of the molecule is NC(=O)C1CCN(C(=O)COC(=O)/C=C/c2ccc(N3CCCCCC3)cc2)CC1. The Labute approximate surface area is 177 Å². The fourth-order valence-electron chi connectivity index (χ4n) is 3.98. The molecule has 0 spiro atoms. The Morgan fingerprint density at radius 2 is 1.60 bits per heavy atom. The lowest BCUT2D eigenvalue weighted by Gasteiger charge is -2.30. The summed E-state index contributed by atoms with van der Waals surface area (Å²) in [5, 5.41) is 0. The zero-order valence-electron chi connectivity index (χ0n) is 17.4. The number of benzene rings is 1. The molecule has 3 rings (SSSR count). The molecule has 0 saturated carbocycles. The van der Waals surface area contributed by atoms with Crippen LogP contribution in [0.3, 0.4) is 0 Å². The van der Waals surface area contributed by atoms with Crippen LogP contribution in [0.15, 0.2) is 30.3 Å². The van der Waals surface area contributed by atoms with E-state index >= 15 is 0 Å². The first-order valence-corrected chi connectivity index (χ1v) is 10.8. The maximum Gasteiger partial charge on any atom is 0.331 e. The summed E-state index contributed by atoms with van der Waals surface area (Å²) in [7, 11) is 0. The number of carbonyl (C=O) groups is 3. The van der Waals surface area contributed by atoms with E-state index < -0.39 is 5.97 Å². The maximum absolute atomic E-state index is 12.2. The normalized spacial score (nSPS) is 18.3. The topological polar surface area (TPSA) is 92.9 Å². The highest BCUT2D eigenvalue weighted by molar-refractivity contribution is 5.89. The van der Waals surface area contributed by atoms with E-state index in [1.165, 1.54) is 37.4 Å². The standard InChI is InChI=1S/C23H31N3O4/c24-23(29)19-11-15-26(16-12-19)21(27)17-30-22(28)10-7-18-5-8-20(9-6-18)25-13-3-1-2-4-14-25/h5-10,19H,1-4,11-17H2,(H2,24,29)/b10-7+. The molecule has 7 nitrogen and oxygen atoms in total. The van der Waals surface area contributed by atoms with Crippen molar-refractivity contribution >= 4 is 29.5 Å². The third kappa shape index (κ3) is 6.34. The van der Waals surface area contributed by atoms with E-state index in [1.54, 1.807) is 11.0 Å². The summed E-state index contributed by atoms with van der Waals surface area (Å²) in [6.07, 6.45) is 9.21. The summed E-state index contributed by atoms with van der Waals surface area (Å²) in [4.78, 5) is 39.3. The first-order valence-electron chi connectivity index (χ1n) is 10.8. The maximum atomic E-state index is 12.2. The third-order valence-corrected chi connectivity index (χ3v) is 5.86. The molecule has 0 aliphatic carbocycles. The Balaban J connectivity index is 1.42. The molecule has 30 heavy (non-hydrogen) atoms. The molecule has 0 atom stereocenters. The number of carbonyl (C=O) groups excluding carboxylic acids is 3. The summed E-state index contributed by atoms with van der Waals surface area (Å²) in [5.41, 5.74) is 7.42. The molecule has 2 amide bonds.